The number of carbonyl (C=O) groups is 1. The molecule has 0 amide bonds. The Bertz CT molecular complexity index is 711. The monoisotopic (exact) mass is 305 g/mol. The first-order chi connectivity index (χ1) is 9.99. The molecule has 0 bridgehead atoms. The maximum Gasteiger partial charge on any atom is 0.326 e. The summed E-state index contributed by atoms with van der Waals surface area (Å²) in [5, 5.41) is 14.4. The van der Waals surface area contributed by atoms with Crippen molar-refractivity contribution in [3.05, 3.63) is 46.2 Å². The van der Waals surface area contributed by atoms with Gasteiger partial charge in [0.15, 0.2) is 0 Å². The van der Waals surface area contributed by atoms with Crippen LogP contribution in [-0.2, 0) is 24.8 Å². The number of nitrogens with zero attached hydrogens (tertiary/aromatic N) is 3. The fourth-order valence-electron chi connectivity index (χ4n) is 2.88. The number of rotatable bonds is 3. The van der Waals surface area contributed by atoms with Crippen molar-refractivity contribution >= 4 is 23.3 Å². The van der Waals surface area contributed by atoms with Crippen molar-refractivity contribution in [3.8, 4) is 0 Å². The molecule has 3 rings (SSSR count). The third-order valence-corrected chi connectivity index (χ3v) is 4.45. The van der Waals surface area contributed by atoms with Crippen LogP contribution in [0.2, 0.25) is 5.02 Å². The van der Waals surface area contributed by atoms with E-state index in [1.54, 1.807) is 4.68 Å². The van der Waals surface area contributed by atoms with E-state index in [0.717, 1.165) is 22.6 Å². The molecule has 0 fully saturated rings. The summed E-state index contributed by atoms with van der Waals surface area (Å²) in [5.74, 6) is -0.818. The van der Waals surface area contributed by atoms with Crippen molar-refractivity contribution in [3.63, 3.8) is 0 Å². The summed E-state index contributed by atoms with van der Waals surface area (Å²) in [5.41, 5.74) is 3.60. The summed E-state index contributed by atoms with van der Waals surface area (Å²) < 4.78 is 1.72. The number of carboxylic acids is 1. The Hall–Kier alpha value is -2.01. The van der Waals surface area contributed by atoms with Crippen LogP contribution in [0.25, 0.3) is 0 Å². The zero-order valence-corrected chi connectivity index (χ0v) is 12.6. The zero-order chi connectivity index (χ0) is 15.1. The number of hydrogen-bond acceptors (Lipinski definition) is 3. The van der Waals surface area contributed by atoms with Gasteiger partial charge < -0.3 is 10.0 Å². The Kier molecular flexibility index (Phi) is 3.37. The van der Waals surface area contributed by atoms with Crippen molar-refractivity contribution in [2.45, 2.75) is 25.9 Å². The fraction of sp³-hybridized carbons (Fsp3) is 0.333. The lowest BCUT2D eigenvalue weighted by Gasteiger charge is -2.24. The van der Waals surface area contributed by atoms with E-state index in [9.17, 15) is 9.90 Å². The minimum absolute atomic E-state index is 0.435. The molecule has 0 saturated heterocycles. The van der Waals surface area contributed by atoms with Crippen LogP contribution in [0.1, 0.15) is 17.0 Å². The molecular weight excluding hydrogens is 290 g/mol. The largest absolute Gasteiger partial charge is 0.480 e. The van der Waals surface area contributed by atoms with Crippen LogP contribution < -0.4 is 4.90 Å². The van der Waals surface area contributed by atoms with E-state index in [0.29, 0.717) is 18.0 Å². The lowest BCUT2D eigenvalue weighted by Crippen LogP contribution is -2.38. The normalized spacial score (nSPS) is 17.1. The standard InChI is InChI=1S/C15H16ClN3O2/c1-9-14(16)13(18(2)17-9)8-19-11-6-4-3-5-10(11)7-12(19)15(20)21/h3-6,12H,7-8H2,1-2H3,(H,20,21). The Labute approximate surface area is 127 Å². The maximum absolute atomic E-state index is 11.5. The first-order valence-corrected chi connectivity index (χ1v) is 7.12. The average molecular weight is 306 g/mol. The number of fused-ring (bicyclic) bond motifs is 1. The van der Waals surface area contributed by atoms with Gasteiger partial charge in [0.2, 0.25) is 0 Å². The van der Waals surface area contributed by atoms with Gasteiger partial charge >= 0.3 is 5.97 Å². The molecule has 1 atom stereocenters. The van der Waals surface area contributed by atoms with Gasteiger partial charge in [-0.05, 0) is 18.6 Å². The molecule has 1 aromatic carbocycles. The van der Waals surface area contributed by atoms with Crippen LogP contribution in [0.4, 0.5) is 5.69 Å². The van der Waals surface area contributed by atoms with Gasteiger partial charge in [-0.1, -0.05) is 29.8 Å². The van der Waals surface area contributed by atoms with Crippen molar-refractivity contribution in [1.82, 2.24) is 9.78 Å². The molecule has 21 heavy (non-hydrogen) atoms. The molecule has 0 saturated carbocycles. The van der Waals surface area contributed by atoms with Crippen LogP contribution in [-0.4, -0.2) is 26.9 Å². The quantitative estimate of drug-likeness (QED) is 0.946. The van der Waals surface area contributed by atoms with Gasteiger partial charge in [-0.25, -0.2) is 4.79 Å². The maximum atomic E-state index is 11.5. The van der Waals surface area contributed by atoms with Crippen LogP contribution in [0.5, 0.6) is 0 Å². The highest BCUT2D eigenvalue weighted by Crippen LogP contribution is 2.34. The predicted octanol–water partition coefficient (Wildman–Crippen LogP) is 2.40. The zero-order valence-electron chi connectivity index (χ0n) is 11.9. The Balaban J connectivity index is 2.00. The third kappa shape index (κ3) is 2.27. The lowest BCUT2D eigenvalue weighted by atomic mass is 10.1. The summed E-state index contributed by atoms with van der Waals surface area (Å²) in [6.45, 7) is 2.28. The number of para-hydroxylation sites is 1. The highest BCUT2D eigenvalue weighted by Gasteiger charge is 2.35. The van der Waals surface area contributed by atoms with E-state index in [1.807, 2.05) is 43.1 Å². The van der Waals surface area contributed by atoms with E-state index in [-0.39, 0.29) is 0 Å². The van der Waals surface area contributed by atoms with Gasteiger partial charge in [-0.15, -0.1) is 0 Å². The summed E-state index contributed by atoms with van der Waals surface area (Å²) in [6.07, 6.45) is 0.514. The smallest absolute Gasteiger partial charge is 0.326 e. The van der Waals surface area contributed by atoms with Gasteiger partial charge in [0.25, 0.3) is 0 Å². The molecule has 2 aromatic rings. The number of hydrogen-bond donors (Lipinski definition) is 1. The van der Waals surface area contributed by atoms with Crippen LogP contribution in [0.3, 0.4) is 0 Å². The molecule has 1 unspecified atom stereocenters. The number of benzene rings is 1. The second kappa shape index (κ2) is 5.07. The van der Waals surface area contributed by atoms with E-state index in [2.05, 4.69) is 5.10 Å². The fourth-order valence-corrected chi connectivity index (χ4v) is 3.10. The SMILES string of the molecule is Cc1nn(C)c(CN2c3ccccc3CC2C(=O)O)c1Cl. The third-order valence-electron chi connectivity index (χ3n) is 3.96. The molecule has 1 N–H and O–H groups in total. The average Bonchev–Trinajstić information content (AvgIpc) is 2.93. The number of aromatic nitrogens is 2. The molecule has 0 aliphatic carbocycles. The second-order valence-corrected chi connectivity index (χ2v) is 5.66. The molecule has 6 heteroatoms. The van der Waals surface area contributed by atoms with Crippen molar-refractivity contribution in [2.75, 3.05) is 4.90 Å². The van der Waals surface area contributed by atoms with E-state index in [1.165, 1.54) is 0 Å². The minimum atomic E-state index is -0.818. The topological polar surface area (TPSA) is 58.4 Å². The van der Waals surface area contributed by atoms with Gasteiger partial charge in [0, 0.05) is 19.2 Å². The summed E-state index contributed by atoms with van der Waals surface area (Å²) in [4.78, 5) is 13.4. The molecule has 1 aliphatic rings. The van der Waals surface area contributed by atoms with Gasteiger partial charge in [-0.2, -0.15) is 5.10 Å². The number of carboxylic acid groups (broad SMARTS) is 1. The van der Waals surface area contributed by atoms with Crippen molar-refractivity contribution in [2.24, 2.45) is 7.05 Å². The van der Waals surface area contributed by atoms with Crippen LogP contribution in [0.15, 0.2) is 24.3 Å². The van der Waals surface area contributed by atoms with Crippen LogP contribution >= 0.6 is 11.6 Å². The first-order valence-electron chi connectivity index (χ1n) is 6.74. The first kappa shape index (κ1) is 13.9. The summed E-state index contributed by atoms with van der Waals surface area (Å²) in [6, 6.07) is 7.22. The lowest BCUT2D eigenvalue weighted by molar-refractivity contribution is -0.138. The minimum Gasteiger partial charge on any atom is -0.480 e. The Morgan fingerprint density at radius 1 is 1.48 bits per heavy atom. The Morgan fingerprint density at radius 2 is 2.19 bits per heavy atom. The number of anilines is 1. The van der Waals surface area contributed by atoms with Crippen LogP contribution in [0, 0.1) is 6.92 Å². The van der Waals surface area contributed by atoms with Gasteiger partial charge in [-0.3, -0.25) is 4.68 Å². The second-order valence-electron chi connectivity index (χ2n) is 5.28. The molecule has 1 aliphatic heterocycles. The predicted molar refractivity (Wildman–Crippen MR) is 80.7 cm³/mol. The highest BCUT2D eigenvalue weighted by molar-refractivity contribution is 6.31. The van der Waals surface area contributed by atoms with Crippen molar-refractivity contribution in [1.29, 1.82) is 0 Å². The van der Waals surface area contributed by atoms with E-state index >= 15 is 0 Å². The van der Waals surface area contributed by atoms with E-state index in [4.69, 9.17) is 11.6 Å². The van der Waals surface area contributed by atoms with Crippen molar-refractivity contribution < 1.29 is 9.90 Å². The Morgan fingerprint density at radius 3 is 2.81 bits per heavy atom. The molecular formula is C15H16ClN3O2. The molecule has 0 radical (unpaired) electrons. The summed E-state index contributed by atoms with van der Waals surface area (Å²) in [7, 11) is 1.83. The highest BCUT2D eigenvalue weighted by atomic mass is 35.5. The van der Waals surface area contributed by atoms with Gasteiger partial charge in [0.1, 0.15) is 6.04 Å². The molecule has 1 aromatic heterocycles. The molecule has 5 nitrogen and oxygen atoms in total. The number of aliphatic carboxylic acids is 1. The number of aryl methyl sites for hydroxylation is 2. The van der Waals surface area contributed by atoms with Gasteiger partial charge in [0.05, 0.1) is 23.0 Å². The molecule has 110 valence electrons. The molecule has 2 heterocycles. The van der Waals surface area contributed by atoms with E-state index < -0.39 is 12.0 Å². The molecule has 0 spiro atoms. The summed E-state index contributed by atoms with van der Waals surface area (Å²) >= 11 is 6.29. The number of halogens is 1.